The minimum absolute atomic E-state index is 0.0886. The quantitative estimate of drug-likeness (QED) is 0.760. The first-order valence-corrected chi connectivity index (χ1v) is 4.18. The van der Waals surface area contributed by atoms with Crippen LogP contribution in [0, 0.1) is 5.82 Å². The average molecular weight is 219 g/mol. The molecule has 0 spiro atoms. The van der Waals surface area contributed by atoms with E-state index in [1.807, 2.05) is 0 Å². The molecule has 1 aromatic rings. The predicted molar refractivity (Wildman–Crippen MR) is 49.5 cm³/mol. The molecular formula is C10H9F4N. The van der Waals surface area contributed by atoms with Gasteiger partial charge in [-0.2, -0.15) is 13.2 Å². The highest BCUT2D eigenvalue weighted by molar-refractivity contribution is 5.54. The smallest absolute Gasteiger partial charge is 0.327 e. The molecule has 1 rings (SSSR count). The number of halogens is 4. The Morgan fingerprint density at radius 1 is 1.27 bits per heavy atom. The van der Waals surface area contributed by atoms with Gasteiger partial charge in [0.1, 0.15) is 5.82 Å². The number of alkyl halides is 3. The molecule has 2 N–H and O–H groups in total. The highest BCUT2D eigenvalue weighted by atomic mass is 19.4. The lowest BCUT2D eigenvalue weighted by Gasteiger charge is -2.10. The molecule has 0 bridgehead atoms. The van der Waals surface area contributed by atoms with Crippen molar-refractivity contribution in [2.45, 2.75) is 6.18 Å². The first-order chi connectivity index (χ1) is 6.95. The summed E-state index contributed by atoms with van der Waals surface area (Å²) in [6.45, 7) is 0.134. The number of benzene rings is 1. The highest BCUT2D eigenvalue weighted by Gasteiger charge is 2.33. The van der Waals surface area contributed by atoms with Crippen molar-refractivity contribution in [3.8, 4) is 0 Å². The standard InChI is InChI=1S/C10H9F4N/c11-8-4-3-7(2-1-5-15)9(6-8)10(12,13)14/h1-4,6H,5,15H2. The van der Waals surface area contributed by atoms with E-state index >= 15 is 0 Å². The second kappa shape index (κ2) is 4.44. The summed E-state index contributed by atoms with van der Waals surface area (Å²) in [5, 5.41) is 0. The minimum atomic E-state index is -4.56. The van der Waals surface area contributed by atoms with E-state index in [2.05, 4.69) is 0 Å². The van der Waals surface area contributed by atoms with Crippen LogP contribution in [0.3, 0.4) is 0 Å². The fraction of sp³-hybridized carbons (Fsp3) is 0.200. The Morgan fingerprint density at radius 2 is 1.93 bits per heavy atom. The second-order valence-corrected chi connectivity index (χ2v) is 2.87. The molecule has 1 nitrogen and oxygen atoms in total. The van der Waals surface area contributed by atoms with Crippen LogP contribution in [0.5, 0.6) is 0 Å². The average Bonchev–Trinajstić information content (AvgIpc) is 2.14. The van der Waals surface area contributed by atoms with Crippen molar-refractivity contribution in [2.24, 2.45) is 5.73 Å². The van der Waals surface area contributed by atoms with Gasteiger partial charge in [0.25, 0.3) is 0 Å². The van der Waals surface area contributed by atoms with Crippen LogP contribution >= 0.6 is 0 Å². The molecule has 0 amide bonds. The topological polar surface area (TPSA) is 26.0 Å². The Morgan fingerprint density at radius 3 is 2.47 bits per heavy atom. The van der Waals surface area contributed by atoms with Crippen LogP contribution in [-0.2, 0) is 6.18 Å². The monoisotopic (exact) mass is 219 g/mol. The lowest BCUT2D eigenvalue weighted by molar-refractivity contribution is -0.137. The van der Waals surface area contributed by atoms with Gasteiger partial charge in [-0.05, 0) is 17.7 Å². The summed E-state index contributed by atoms with van der Waals surface area (Å²) in [5.41, 5.74) is 4.04. The van der Waals surface area contributed by atoms with E-state index in [0.29, 0.717) is 6.07 Å². The minimum Gasteiger partial charge on any atom is -0.327 e. The molecule has 0 radical (unpaired) electrons. The zero-order valence-corrected chi connectivity index (χ0v) is 7.68. The summed E-state index contributed by atoms with van der Waals surface area (Å²) in [6.07, 6.45) is -1.96. The van der Waals surface area contributed by atoms with Crippen LogP contribution in [0.25, 0.3) is 6.08 Å². The van der Waals surface area contributed by atoms with Gasteiger partial charge >= 0.3 is 6.18 Å². The molecule has 0 aliphatic carbocycles. The fourth-order valence-electron chi connectivity index (χ4n) is 1.11. The highest BCUT2D eigenvalue weighted by Crippen LogP contribution is 2.33. The summed E-state index contributed by atoms with van der Waals surface area (Å²) in [4.78, 5) is 0. The van der Waals surface area contributed by atoms with Gasteiger partial charge in [-0.3, -0.25) is 0 Å². The summed E-state index contributed by atoms with van der Waals surface area (Å²) in [5.74, 6) is -0.910. The molecule has 0 saturated heterocycles. The second-order valence-electron chi connectivity index (χ2n) is 2.87. The number of hydrogen-bond acceptors (Lipinski definition) is 1. The van der Waals surface area contributed by atoms with Gasteiger partial charge in [0.15, 0.2) is 0 Å². The largest absolute Gasteiger partial charge is 0.417 e. The van der Waals surface area contributed by atoms with Crippen molar-refractivity contribution in [1.29, 1.82) is 0 Å². The Balaban J connectivity index is 3.21. The maximum Gasteiger partial charge on any atom is 0.417 e. The van der Waals surface area contributed by atoms with E-state index in [4.69, 9.17) is 5.73 Å². The van der Waals surface area contributed by atoms with Crippen molar-refractivity contribution in [1.82, 2.24) is 0 Å². The van der Waals surface area contributed by atoms with Crippen molar-refractivity contribution in [2.75, 3.05) is 6.54 Å². The van der Waals surface area contributed by atoms with E-state index in [9.17, 15) is 17.6 Å². The first-order valence-electron chi connectivity index (χ1n) is 4.18. The molecule has 0 aliphatic heterocycles. The van der Waals surface area contributed by atoms with Crippen molar-refractivity contribution >= 4 is 6.08 Å². The van der Waals surface area contributed by atoms with Crippen LogP contribution in [0.4, 0.5) is 17.6 Å². The molecule has 0 saturated carbocycles. The van der Waals surface area contributed by atoms with E-state index in [0.717, 1.165) is 12.1 Å². The molecule has 0 aliphatic rings. The van der Waals surface area contributed by atoms with Gasteiger partial charge in [-0.15, -0.1) is 0 Å². The van der Waals surface area contributed by atoms with Gasteiger partial charge < -0.3 is 5.73 Å². The summed E-state index contributed by atoms with van der Waals surface area (Å²) < 4.78 is 49.9. The molecular weight excluding hydrogens is 210 g/mol. The molecule has 0 atom stereocenters. The maximum atomic E-state index is 12.7. The molecule has 82 valence electrons. The van der Waals surface area contributed by atoms with E-state index in [-0.39, 0.29) is 12.1 Å². The fourth-order valence-corrected chi connectivity index (χ4v) is 1.11. The molecule has 1 aromatic carbocycles. The summed E-state index contributed by atoms with van der Waals surface area (Å²) >= 11 is 0. The predicted octanol–water partition coefficient (Wildman–Crippen LogP) is 2.82. The van der Waals surface area contributed by atoms with E-state index in [1.165, 1.54) is 12.2 Å². The lowest BCUT2D eigenvalue weighted by Crippen LogP contribution is -2.08. The van der Waals surface area contributed by atoms with Gasteiger partial charge in [-0.1, -0.05) is 18.2 Å². The van der Waals surface area contributed by atoms with E-state index < -0.39 is 17.6 Å². The Labute approximate surface area is 84.2 Å². The molecule has 0 unspecified atom stereocenters. The Kier molecular flexibility index (Phi) is 3.47. The van der Waals surface area contributed by atoms with Crippen molar-refractivity contribution < 1.29 is 17.6 Å². The van der Waals surface area contributed by atoms with Gasteiger partial charge in [0.05, 0.1) is 5.56 Å². The number of rotatable bonds is 2. The van der Waals surface area contributed by atoms with Crippen LogP contribution in [0.2, 0.25) is 0 Å². The molecule has 5 heteroatoms. The van der Waals surface area contributed by atoms with Gasteiger partial charge in [-0.25, -0.2) is 4.39 Å². The van der Waals surface area contributed by atoms with Crippen LogP contribution in [0.1, 0.15) is 11.1 Å². The molecule has 0 aromatic heterocycles. The maximum absolute atomic E-state index is 12.7. The lowest BCUT2D eigenvalue weighted by atomic mass is 10.1. The van der Waals surface area contributed by atoms with Crippen molar-refractivity contribution in [3.05, 3.63) is 41.2 Å². The Hall–Kier alpha value is -1.36. The third kappa shape index (κ3) is 3.06. The molecule has 0 fully saturated rings. The van der Waals surface area contributed by atoms with Gasteiger partial charge in [0, 0.05) is 6.54 Å². The third-order valence-electron chi connectivity index (χ3n) is 1.75. The van der Waals surface area contributed by atoms with Crippen LogP contribution in [-0.4, -0.2) is 6.54 Å². The SMILES string of the molecule is NCC=Cc1ccc(F)cc1C(F)(F)F. The van der Waals surface area contributed by atoms with E-state index in [1.54, 1.807) is 0 Å². The normalized spacial score (nSPS) is 12.3. The zero-order chi connectivity index (χ0) is 11.5. The first kappa shape index (κ1) is 11.7. The van der Waals surface area contributed by atoms with Crippen molar-refractivity contribution in [3.63, 3.8) is 0 Å². The molecule has 15 heavy (non-hydrogen) atoms. The van der Waals surface area contributed by atoms with Gasteiger partial charge in [0.2, 0.25) is 0 Å². The molecule has 0 heterocycles. The summed E-state index contributed by atoms with van der Waals surface area (Å²) in [7, 11) is 0. The zero-order valence-electron chi connectivity index (χ0n) is 7.68. The Bertz CT molecular complexity index is 368. The summed E-state index contributed by atoms with van der Waals surface area (Å²) in [6, 6.07) is 2.52. The number of nitrogens with two attached hydrogens (primary N) is 1. The number of hydrogen-bond donors (Lipinski definition) is 1. The third-order valence-corrected chi connectivity index (χ3v) is 1.75. The van der Waals surface area contributed by atoms with Crippen LogP contribution in [0.15, 0.2) is 24.3 Å². The van der Waals surface area contributed by atoms with Crippen LogP contribution < -0.4 is 5.73 Å².